The van der Waals surface area contributed by atoms with Gasteiger partial charge in [-0.15, -0.1) is 10.2 Å². The molecule has 0 aliphatic carbocycles. The summed E-state index contributed by atoms with van der Waals surface area (Å²) in [5, 5.41) is 9.54. The summed E-state index contributed by atoms with van der Waals surface area (Å²) in [6.45, 7) is 3.19. The van der Waals surface area contributed by atoms with Crippen LogP contribution < -0.4 is 10.3 Å². The minimum Gasteiger partial charge on any atom is -0.486 e. The maximum Gasteiger partial charge on any atom is 0.262 e. The highest BCUT2D eigenvalue weighted by Gasteiger charge is 2.18. The Morgan fingerprint density at radius 3 is 2.35 bits per heavy atom. The fraction of sp³-hybridized carbons (Fsp3) is 0.154. The van der Waals surface area contributed by atoms with Crippen molar-refractivity contribution >= 4 is 27.7 Å². The van der Waals surface area contributed by atoms with Crippen molar-refractivity contribution in [2.24, 2.45) is 0 Å². The summed E-state index contributed by atoms with van der Waals surface area (Å²) >= 11 is 0. The normalized spacial score (nSPS) is 11.6. The Hall–Kier alpha value is -4.46. The summed E-state index contributed by atoms with van der Waals surface area (Å²) < 4.78 is 11.7. The molecule has 34 heavy (non-hydrogen) atoms. The van der Waals surface area contributed by atoms with Crippen molar-refractivity contribution in [1.82, 2.24) is 28.7 Å². The van der Waals surface area contributed by atoms with E-state index in [0.717, 1.165) is 33.9 Å². The van der Waals surface area contributed by atoms with Gasteiger partial charge >= 0.3 is 0 Å². The molecule has 0 fully saturated rings. The summed E-state index contributed by atoms with van der Waals surface area (Å²) in [6.07, 6.45) is 0. The van der Waals surface area contributed by atoms with E-state index in [1.165, 1.54) is 0 Å². The molecule has 0 saturated heterocycles. The molecule has 0 radical (unpaired) electrons. The lowest BCUT2D eigenvalue weighted by atomic mass is 10.2. The van der Waals surface area contributed by atoms with Gasteiger partial charge in [-0.05, 0) is 43.3 Å². The first-order valence-electron chi connectivity index (χ1n) is 11.2. The Morgan fingerprint density at radius 2 is 1.53 bits per heavy atom. The van der Waals surface area contributed by atoms with Crippen LogP contribution in [0.4, 0.5) is 0 Å². The minimum absolute atomic E-state index is 0.0606. The molecule has 3 aromatic heterocycles. The molecule has 0 bridgehead atoms. The molecule has 0 unspecified atom stereocenters. The standard InChI is InChI=1S/C26H22N6O2/c1-2-30-25(33)19-12-6-8-14-21(19)32-23(28-29-26(30)32)16-31-22-15-9-7-13-20(22)27-24(31)17-34-18-10-4-3-5-11-18/h3-15H,2,16-17H2,1H3. The summed E-state index contributed by atoms with van der Waals surface area (Å²) in [5.41, 5.74) is 2.60. The van der Waals surface area contributed by atoms with Gasteiger partial charge < -0.3 is 9.30 Å². The predicted octanol–water partition coefficient (Wildman–Crippen LogP) is 4.04. The van der Waals surface area contributed by atoms with Crippen LogP contribution in [0.25, 0.3) is 27.7 Å². The van der Waals surface area contributed by atoms with E-state index in [-0.39, 0.29) is 5.56 Å². The number of hydrogen-bond acceptors (Lipinski definition) is 5. The summed E-state index contributed by atoms with van der Waals surface area (Å²) in [6, 6.07) is 25.3. The van der Waals surface area contributed by atoms with Gasteiger partial charge in [0.1, 0.15) is 18.2 Å². The second-order valence-electron chi connectivity index (χ2n) is 8.02. The zero-order valence-electron chi connectivity index (χ0n) is 18.6. The van der Waals surface area contributed by atoms with Crippen LogP contribution in [0.3, 0.4) is 0 Å². The fourth-order valence-corrected chi connectivity index (χ4v) is 4.42. The maximum absolute atomic E-state index is 13.0. The average Bonchev–Trinajstić information content (AvgIpc) is 3.46. The smallest absolute Gasteiger partial charge is 0.262 e. The van der Waals surface area contributed by atoms with Crippen molar-refractivity contribution in [2.75, 3.05) is 0 Å². The van der Waals surface area contributed by atoms with Gasteiger partial charge in [-0.1, -0.05) is 42.5 Å². The summed E-state index contributed by atoms with van der Waals surface area (Å²) in [7, 11) is 0. The highest BCUT2D eigenvalue weighted by molar-refractivity contribution is 5.80. The van der Waals surface area contributed by atoms with Crippen LogP contribution in [-0.4, -0.2) is 28.7 Å². The summed E-state index contributed by atoms with van der Waals surface area (Å²) in [4.78, 5) is 17.8. The van der Waals surface area contributed by atoms with Gasteiger partial charge in [-0.2, -0.15) is 0 Å². The molecular formula is C26H22N6O2. The molecule has 0 aliphatic rings. The molecule has 8 heteroatoms. The van der Waals surface area contributed by atoms with Crippen LogP contribution >= 0.6 is 0 Å². The zero-order chi connectivity index (χ0) is 23.1. The van der Waals surface area contributed by atoms with Gasteiger partial charge in [0, 0.05) is 6.54 Å². The van der Waals surface area contributed by atoms with Crippen molar-refractivity contribution in [3.05, 3.63) is 101 Å². The predicted molar refractivity (Wildman–Crippen MR) is 130 cm³/mol. The van der Waals surface area contributed by atoms with Gasteiger partial charge in [0.05, 0.1) is 28.5 Å². The van der Waals surface area contributed by atoms with Crippen LogP contribution in [0.15, 0.2) is 83.7 Å². The van der Waals surface area contributed by atoms with E-state index in [2.05, 4.69) is 14.8 Å². The molecular weight excluding hydrogens is 428 g/mol. The molecule has 0 spiro atoms. The second-order valence-corrected chi connectivity index (χ2v) is 8.02. The number of rotatable bonds is 6. The Labute approximate surface area is 194 Å². The van der Waals surface area contributed by atoms with E-state index in [1.807, 2.05) is 90.2 Å². The fourth-order valence-electron chi connectivity index (χ4n) is 4.42. The number of fused-ring (bicyclic) bond motifs is 4. The Kier molecular flexibility index (Phi) is 4.83. The highest BCUT2D eigenvalue weighted by atomic mass is 16.5. The van der Waals surface area contributed by atoms with Crippen LogP contribution in [0.1, 0.15) is 18.6 Å². The SMILES string of the molecule is CCn1c(=O)c2ccccc2n2c(Cn3c(COc4ccccc4)nc4ccccc43)nnc12. The van der Waals surface area contributed by atoms with E-state index in [9.17, 15) is 4.79 Å². The number of imidazole rings is 1. The lowest BCUT2D eigenvalue weighted by molar-refractivity contribution is 0.291. The number of benzene rings is 3. The largest absolute Gasteiger partial charge is 0.486 e. The van der Waals surface area contributed by atoms with Gasteiger partial charge in [-0.25, -0.2) is 4.98 Å². The quantitative estimate of drug-likeness (QED) is 0.383. The van der Waals surface area contributed by atoms with Gasteiger partial charge in [0.25, 0.3) is 5.56 Å². The van der Waals surface area contributed by atoms with Crippen molar-refractivity contribution in [3.63, 3.8) is 0 Å². The van der Waals surface area contributed by atoms with Crippen molar-refractivity contribution in [3.8, 4) is 5.75 Å². The third-order valence-corrected chi connectivity index (χ3v) is 6.04. The number of aromatic nitrogens is 6. The number of aryl methyl sites for hydroxylation is 1. The molecule has 168 valence electrons. The second kappa shape index (κ2) is 8.15. The number of para-hydroxylation sites is 4. The molecule has 0 atom stereocenters. The van der Waals surface area contributed by atoms with E-state index in [0.29, 0.717) is 30.9 Å². The van der Waals surface area contributed by atoms with Crippen molar-refractivity contribution in [2.45, 2.75) is 26.6 Å². The number of ether oxygens (including phenoxy) is 1. The van der Waals surface area contributed by atoms with Crippen LogP contribution in [-0.2, 0) is 19.7 Å². The maximum atomic E-state index is 13.0. The molecule has 0 saturated carbocycles. The zero-order valence-corrected chi connectivity index (χ0v) is 18.6. The van der Waals surface area contributed by atoms with Gasteiger partial charge in [0.2, 0.25) is 5.78 Å². The first-order chi connectivity index (χ1) is 16.7. The molecule has 3 aromatic carbocycles. The summed E-state index contributed by atoms with van der Waals surface area (Å²) in [5.74, 6) is 2.83. The monoisotopic (exact) mass is 450 g/mol. The minimum atomic E-state index is -0.0606. The Balaban J connectivity index is 1.50. The lowest BCUT2D eigenvalue weighted by Gasteiger charge is -2.12. The topological polar surface area (TPSA) is 79.2 Å². The van der Waals surface area contributed by atoms with Crippen LogP contribution in [0.2, 0.25) is 0 Å². The molecule has 0 amide bonds. The van der Waals surface area contributed by atoms with E-state index in [1.54, 1.807) is 4.57 Å². The van der Waals surface area contributed by atoms with Crippen molar-refractivity contribution in [1.29, 1.82) is 0 Å². The molecule has 0 aliphatic heterocycles. The van der Waals surface area contributed by atoms with Crippen molar-refractivity contribution < 1.29 is 4.74 Å². The Morgan fingerprint density at radius 1 is 0.794 bits per heavy atom. The molecule has 6 aromatic rings. The van der Waals surface area contributed by atoms with Gasteiger partial charge in [0.15, 0.2) is 5.82 Å². The molecule has 0 N–H and O–H groups in total. The van der Waals surface area contributed by atoms with E-state index in [4.69, 9.17) is 9.72 Å². The first kappa shape index (κ1) is 20.2. The molecule has 3 heterocycles. The molecule has 6 rings (SSSR count). The number of hydrogen-bond donors (Lipinski definition) is 0. The van der Waals surface area contributed by atoms with Crippen LogP contribution in [0.5, 0.6) is 5.75 Å². The van der Waals surface area contributed by atoms with Crippen LogP contribution in [0, 0.1) is 0 Å². The molecule has 8 nitrogen and oxygen atoms in total. The Bertz CT molecular complexity index is 1700. The van der Waals surface area contributed by atoms with E-state index >= 15 is 0 Å². The first-order valence-corrected chi connectivity index (χ1v) is 11.2. The third kappa shape index (κ3) is 3.23. The number of nitrogens with zero attached hydrogens (tertiary/aromatic N) is 6. The third-order valence-electron chi connectivity index (χ3n) is 6.04. The van der Waals surface area contributed by atoms with Gasteiger partial charge in [-0.3, -0.25) is 13.8 Å². The van der Waals surface area contributed by atoms with E-state index < -0.39 is 0 Å². The highest BCUT2D eigenvalue weighted by Crippen LogP contribution is 2.21. The lowest BCUT2D eigenvalue weighted by Crippen LogP contribution is -2.23. The average molecular weight is 451 g/mol.